The van der Waals surface area contributed by atoms with Gasteiger partial charge in [0.15, 0.2) is 0 Å². The normalized spacial score (nSPS) is 11.7. The average Bonchev–Trinajstić information content (AvgIpc) is 2.60. The Bertz CT molecular complexity index is 607. The Hall–Kier alpha value is -1.33. The van der Waals surface area contributed by atoms with Crippen LogP contribution in [-0.2, 0) is 4.57 Å². The molecule has 1 aromatic carbocycles. The summed E-state index contributed by atoms with van der Waals surface area (Å²) >= 11 is 5.89. The van der Waals surface area contributed by atoms with E-state index in [9.17, 15) is 9.67 Å². The van der Waals surface area contributed by atoms with Crippen LogP contribution in [0, 0.1) is 0 Å². The lowest BCUT2D eigenvalue weighted by molar-refractivity contribution is 0.383. The minimum absolute atomic E-state index is 0.308. The molecule has 0 spiro atoms. The standard InChI is InChI=1S/C9H8ClN2O4P/c10-6-3-1-2-4-7(6)12-9(13)8(5-11-12)17(14,15)16/h1-5,13H,(H2,14,15,16). The van der Waals surface area contributed by atoms with Gasteiger partial charge in [-0.3, -0.25) is 4.57 Å². The Morgan fingerprint density at radius 2 is 1.94 bits per heavy atom. The van der Waals surface area contributed by atoms with Crippen LogP contribution in [0.15, 0.2) is 30.5 Å². The first-order chi connectivity index (χ1) is 7.91. The van der Waals surface area contributed by atoms with Crippen molar-refractivity contribution in [1.82, 2.24) is 9.78 Å². The number of rotatable bonds is 2. The number of nitrogens with zero attached hydrogens (tertiary/aromatic N) is 2. The predicted molar refractivity (Wildman–Crippen MR) is 61.9 cm³/mol. The molecule has 8 heteroatoms. The molecule has 17 heavy (non-hydrogen) atoms. The molecule has 2 aromatic rings. The molecule has 1 heterocycles. The SMILES string of the molecule is O=P(O)(O)c1cnn(-c2ccccc2Cl)c1O. The Labute approximate surface area is 101 Å². The average molecular weight is 275 g/mol. The van der Waals surface area contributed by atoms with Gasteiger partial charge in [0.1, 0.15) is 5.30 Å². The van der Waals surface area contributed by atoms with Gasteiger partial charge in [-0.2, -0.15) is 9.78 Å². The fraction of sp³-hybridized carbons (Fsp3) is 0. The van der Waals surface area contributed by atoms with Crippen molar-refractivity contribution in [1.29, 1.82) is 0 Å². The molecule has 2 rings (SSSR count). The highest BCUT2D eigenvalue weighted by molar-refractivity contribution is 7.60. The van der Waals surface area contributed by atoms with E-state index >= 15 is 0 Å². The van der Waals surface area contributed by atoms with Crippen LogP contribution in [0.25, 0.3) is 5.69 Å². The van der Waals surface area contributed by atoms with Crippen LogP contribution in [-0.4, -0.2) is 24.7 Å². The van der Waals surface area contributed by atoms with Gasteiger partial charge in [-0.25, -0.2) is 0 Å². The number of hydrogen-bond donors (Lipinski definition) is 3. The van der Waals surface area contributed by atoms with Gasteiger partial charge in [0.25, 0.3) is 0 Å². The molecule has 0 saturated heterocycles. The molecule has 0 atom stereocenters. The van der Waals surface area contributed by atoms with Gasteiger partial charge in [-0.1, -0.05) is 23.7 Å². The molecule has 0 saturated carbocycles. The summed E-state index contributed by atoms with van der Waals surface area (Å²) < 4.78 is 12.0. The van der Waals surface area contributed by atoms with E-state index in [-0.39, 0.29) is 0 Å². The largest absolute Gasteiger partial charge is 0.493 e. The summed E-state index contributed by atoms with van der Waals surface area (Å²) in [6, 6.07) is 6.50. The van der Waals surface area contributed by atoms with E-state index in [1.54, 1.807) is 24.3 Å². The van der Waals surface area contributed by atoms with E-state index in [1.165, 1.54) is 0 Å². The summed E-state index contributed by atoms with van der Waals surface area (Å²) in [5.41, 5.74) is 0.339. The lowest BCUT2D eigenvalue weighted by atomic mass is 10.3. The van der Waals surface area contributed by atoms with Crippen LogP contribution in [0.3, 0.4) is 0 Å². The van der Waals surface area contributed by atoms with Crippen LogP contribution in [0.1, 0.15) is 0 Å². The molecule has 1 aromatic heterocycles. The van der Waals surface area contributed by atoms with Gasteiger partial charge in [0, 0.05) is 0 Å². The van der Waals surface area contributed by atoms with Gasteiger partial charge >= 0.3 is 7.60 Å². The summed E-state index contributed by atoms with van der Waals surface area (Å²) in [6.45, 7) is 0. The minimum Gasteiger partial charge on any atom is -0.493 e. The van der Waals surface area contributed by atoms with Gasteiger partial charge in [0.2, 0.25) is 5.88 Å². The molecule has 90 valence electrons. The molecule has 0 bridgehead atoms. The molecule has 0 amide bonds. The molecular weight excluding hydrogens is 267 g/mol. The maximum absolute atomic E-state index is 11.0. The number of benzene rings is 1. The first kappa shape index (κ1) is 12.1. The maximum Gasteiger partial charge on any atom is 0.363 e. The number of aromatic nitrogens is 2. The summed E-state index contributed by atoms with van der Waals surface area (Å²) in [5.74, 6) is -0.619. The second kappa shape index (κ2) is 4.16. The monoisotopic (exact) mass is 274 g/mol. The molecule has 6 nitrogen and oxygen atoms in total. The second-order valence-electron chi connectivity index (χ2n) is 3.26. The molecule has 0 unspecified atom stereocenters. The summed E-state index contributed by atoms with van der Waals surface area (Å²) in [7, 11) is -4.55. The fourth-order valence-corrected chi connectivity index (χ4v) is 2.11. The smallest absolute Gasteiger partial charge is 0.363 e. The van der Waals surface area contributed by atoms with Gasteiger partial charge < -0.3 is 14.9 Å². The second-order valence-corrected chi connectivity index (χ2v) is 5.24. The number of hydrogen-bond acceptors (Lipinski definition) is 3. The van der Waals surface area contributed by atoms with Crippen molar-refractivity contribution in [2.24, 2.45) is 0 Å². The zero-order valence-electron chi connectivity index (χ0n) is 8.36. The first-order valence-corrected chi connectivity index (χ1v) is 6.48. The van der Waals surface area contributed by atoms with Crippen molar-refractivity contribution in [3.8, 4) is 11.6 Å². The molecule has 0 radical (unpaired) electrons. The molecule has 0 aliphatic rings. The molecule has 0 fully saturated rings. The van der Waals surface area contributed by atoms with Crippen molar-refractivity contribution in [3.05, 3.63) is 35.5 Å². The van der Waals surface area contributed by atoms with Crippen LogP contribution < -0.4 is 5.30 Å². The van der Waals surface area contributed by atoms with Crippen molar-refractivity contribution in [2.45, 2.75) is 0 Å². The van der Waals surface area contributed by atoms with Crippen molar-refractivity contribution in [3.63, 3.8) is 0 Å². The Balaban J connectivity index is 2.60. The van der Waals surface area contributed by atoms with E-state index < -0.39 is 18.8 Å². The van der Waals surface area contributed by atoms with Gasteiger partial charge in [-0.15, -0.1) is 0 Å². The van der Waals surface area contributed by atoms with E-state index in [1.807, 2.05) is 0 Å². The molecular formula is C9H8ClN2O4P. The fourth-order valence-electron chi connectivity index (χ4n) is 1.34. The van der Waals surface area contributed by atoms with E-state index in [0.717, 1.165) is 10.9 Å². The third kappa shape index (κ3) is 2.21. The van der Waals surface area contributed by atoms with Crippen LogP contribution in [0.2, 0.25) is 5.02 Å². The first-order valence-electron chi connectivity index (χ1n) is 4.49. The van der Waals surface area contributed by atoms with E-state index in [0.29, 0.717) is 10.7 Å². The summed E-state index contributed by atoms with van der Waals surface area (Å²) in [4.78, 5) is 17.9. The zero-order valence-corrected chi connectivity index (χ0v) is 10.0. The lowest BCUT2D eigenvalue weighted by Gasteiger charge is -2.06. The van der Waals surface area contributed by atoms with E-state index in [2.05, 4.69) is 5.10 Å². The van der Waals surface area contributed by atoms with Crippen molar-refractivity contribution in [2.75, 3.05) is 0 Å². The maximum atomic E-state index is 11.0. The predicted octanol–water partition coefficient (Wildman–Crippen LogP) is 1.03. The molecule has 0 aliphatic carbocycles. The van der Waals surface area contributed by atoms with Crippen molar-refractivity contribution < 1.29 is 19.5 Å². The van der Waals surface area contributed by atoms with Crippen LogP contribution in [0.5, 0.6) is 5.88 Å². The van der Waals surface area contributed by atoms with Gasteiger partial charge in [-0.05, 0) is 12.1 Å². The Kier molecular flexibility index (Phi) is 2.97. The number of para-hydroxylation sites is 1. The summed E-state index contributed by atoms with van der Waals surface area (Å²) in [5, 5.41) is 13.2. The number of aromatic hydroxyl groups is 1. The van der Waals surface area contributed by atoms with Gasteiger partial charge in [0.05, 0.1) is 16.9 Å². The zero-order chi connectivity index (χ0) is 12.6. The third-order valence-electron chi connectivity index (χ3n) is 2.12. The van der Waals surface area contributed by atoms with Crippen LogP contribution >= 0.6 is 19.2 Å². The Morgan fingerprint density at radius 1 is 1.29 bits per heavy atom. The topological polar surface area (TPSA) is 95.6 Å². The lowest BCUT2D eigenvalue weighted by Crippen LogP contribution is -2.03. The Morgan fingerprint density at radius 3 is 2.47 bits per heavy atom. The highest BCUT2D eigenvalue weighted by Gasteiger charge is 2.26. The van der Waals surface area contributed by atoms with Crippen LogP contribution in [0.4, 0.5) is 0 Å². The third-order valence-corrected chi connectivity index (χ3v) is 3.38. The quantitative estimate of drug-likeness (QED) is 0.711. The highest BCUT2D eigenvalue weighted by atomic mass is 35.5. The van der Waals surface area contributed by atoms with E-state index in [4.69, 9.17) is 21.4 Å². The molecule has 3 N–H and O–H groups in total. The van der Waals surface area contributed by atoms with Crippen molar-refractivity contribution >= 4 is 24.5 Å². The molecule has 0 aliphatic heterocycles. The summed E-state index contributed by atoms with van der Waals surface area (Å²) in [6.07, 6.45) is 0.916. The number of halogens is 1. The highest BCUT2D eigenvalue weighted by Crippen LogP contribution is 2.37. The minimum atomic E-state index is -4.55.